The normalized spacial score (nSPS) is 13.1. The Morgan fingerprint density at radius 2 is 1.92 bits per heavy atom. The van der Waals surface area contributed by atoms with Crippen molar-refractivity contribution < 1.29 is 13.9 Å². The Hall–Kier alpha value is -3.31. The van der Waals surface area contributed by atoms with Gasteiger partial charge in [0.2, 0.25) is 0 Å². The molecule has 3 heterocycles. The van der Waals surface area contributed by atoms with Gasteiger partial charge in [-0.25, -0.2) is 0 Å². The number of anilines is 1. The standard InChI is InChI=1S/C21H16N2O3/c24-21(20-11-14-4-1-2-6-19(14)26-20)22-16-7-8-18-15(10-16)12-25-13-17-5-3-9-23(17)18/h1-11H,12-13H2,(H,22,24). The quantitative estimate of drug-likeness (QED) is 0.582. The van der Waals surface area contributed by atoms with Crippen LogP contribution in [-0.4, -0.2) is 10.5 Å². The minimum atomic E-state index is -0.266. The van der Waals surface area contributed by atoms with Crippen LogP contribution in [0.2, 0.25) is 0 Å². The summed E-state index contributed by atoms with van der Waals surface area (Å²) in [5.41, 5.74) is 4.64. The van der Waals surface area contributed by atoms with Crippen LogP contribution in [0, 0.1) is 0 Å². The molecule has 5 rings (SSSR count). The van der Waals surface area contributed by atoms with Crippen molar-refractivity contribution in [1.82, 2.24) is 4.57 Å². The highest BCUT2D eigenvalue weighted by Gasteiger charge is 2.16. The van der Waals surface area contributed by atoms with E-state index in [-0.39, 0.29) is 5.91 Å². The third kappa shape index (κ3) is 2.50. The van der Waals surface area contributed by atoms with Crippen molar-refractivity contribution in [2.75, 3.05) is 5.32 Å². The second kappa shape index (κ2) is 5.89. The molecule has 26 heavy (non-hydrogen) atoms. The van der Waals surface area contributed by atoms with Crippen LogP contribution >= 0.6 is 0 Å². The zero-order valence-electron chi connectivity index (χ0n) is 13.9. The first-order chi connectivity index (χ1) is 12.8. The summed E-state index contributed by atoms with van der Waals surface area (Å²) in [5, 5.41) is 3.82. The van der Waals surface area contributed by atoms with Gasteiger partial charge >= 0.3 is 0 Å². The van der Waals surface area contributed by atoms with Gasteiger partial charge in [-0.1, -0.05) is 18.2 Å². The number of nitrogens with zero attached hydrogens (tertiary/aromatic N) is 1. The molecule has 0 fully saturated rings. The molecule has 1 amide bonds. The molecule has 0 saturated heterocycles. The maximum absolute atomic E-state index is 12.5. The van der Waals surface area contributed by atoms with Crippen LogP contribution in [0.5, 0.6) is 0 Å². The maximum Gasteiger partial charge on any atom is 0.291 e. The third-order valence-electron chi connectivity index (χ3n) is 4.59. The van der Waals surface area contributed by atoms with Gasteiger partial charge in [-0.05, 0) is 42.5 Å². The Morgan fingerprint density at radius 1 is 1.00 bits per heavy atom. The molecule has 1 N–H and O–H groups in total. The third-order valence-corrected chi connectivity index (χ3v) is 4.59. The second-order valence-electron chi connectivity index (χ2n) is 6.31. The van der Waals surface area contributed by atoms with E-state index in [2.05, 4.69) is 9.88 Å². The highest BCUT2D eigenvalue weighted by Crippen LogP contribution is 2.27. The van der Waals surface area contributed by atoms with Crippen LogP contribution < -0.4 is 5.32 Å². The topological polar surface area (TPSA) is 56.4 Å². The van der Waals surface area contributed by atoms with E-state index in [0.717, 1.165) is 22.3 Å². The molecule has 1 aliphatic rings. The highest BCUT2D eigenvalue weighted by atomic mass is 16.5. The molecule has 2 aromatic heterocycles. The van der Waals surface area contributed by atoms with Crippen molar-refractivity contribution in [3.63, 3.8) is 0 Å². The number of furan rings is 1. The van der Waals surface area contributed by atoms with Gasteiger partial charge in [0, 0.05) is 28.5 Å². The van der Waals surface area contributed by atoms with E-state index in [1.54, 1.807) is 6.07 Å². The monoisotopic (exact) mass is 344 g/mol. The van der Waals surface area contributed by atoms with Gasteiger partial charge in [-0.3, -0.25) is 4.79 Å². The summed E-state index contributed by atoms with van der Waals surface area (Å²) in [5.74, 6) is 0.0300. The zero-order valence-corrected chi connectivity index (χ0v) is 13.9. The lowest BCUT2D eigenvalue weighted by Gasteiger charge is -2.11. The molecule has 0 atom stereocenters. The number of aromatic nitrogens is 1. The van der Waals surface area contributed by atoms with E-state index in [4.69, 9.17) is 9.15 Å². The van der Waals surface area contributed by atoms with Crippen LogP contribution in [0.15, 0.2) is 71.3 Å². The van der Waals surface area contributed by atoms with Crippen LogP contribution in [0.4, 0.5) is 5.69 Å². The predicted molar refractivity (Wildman–Crippen MR) is 98.4 cm³/mol. The Morgan fingerprint density at radius 3 is 2.85 bits per heavy atom. The lowest BCUT2D eigenvalue weighted by atomic mass is 10.1. The van der Waals surface area contributed by atoms with Crippen molar-refractivity contribution >= 4 is 22.6 Å². The van der Waals surface area contributed by atoms with E-state index in [0.29, 0.717) is 30.2 Å². The Labute approximate surface area is 149 Å². The fourth-order valence-corrected chi connectivity index (χ4v) is 3.33. The molecule has 128 valence electrons. The SMILES string of the molecule is O=C(Nc1ccc2c(c1)COCc1cccn1-2)c1cc2ccccc2o1. The van der Waals surface area contributed by atoms with Gasteiger partial charge in [0.25, 0.3) is 5.91 Å². The molecule has 0 spiro atoms. The first kappa shape index (κ1) is 15.0. The summed E-state index contributed by atoms with van der Waals surface area (Å²) in [6.07, 6.45) is 2.02. The number of carbonyl (C=O) groups is 1. The van der Waals surface area contributed by atoms with E-state index >= 15 is 0 Å². The molecule has 1 aliphatic heterocycles. The summed E-state index contributed by atoms with van der Waals surface area (Å²) in [7, 11) is 0. The summed E-state index contributed by atoms with van der Waals surface area (Å²) >= 11 is 0. The number of amides is 1. The molecule has 0 radical (unpaired) electrons. The molecular formula is C21H16N2O3. The van der Waals surface area contributed by atoms with Gasteiger partial charge < -0.3 is 19.0 Å². The lowest BCUT2D eigenvalue weighted by molar-refractivity contribution is 0.0998. The number of hydrogen-bond acceptors (Lipinski definition) is 3. The van der Waals surface area contributed by atoms with Crippen molar-refractivity contribution in [2.45, 2.75) is 13.2 Å². The fraction of sp³-hybridized carbons (Fsp3) is 0.0952. The fourth-order valence-electron chi connectivity index (χ4n) is 3.33. The van der Waals surface area contributed by atoms with Gasteiger partial charge in [-0.2, -0.15) is 0 Å². The number of ether oxygens (including phenoxy) is 1. The molecular weight excluding hydrogens is 328 g/mol. The average Bonchev–Trinajstić information content (AvgIpc) is 3.25. The summed E-state index contributed by atoms with van der Waals surface area (Å²) < 4.78 is 13.5. The molecule has 4 aromatic rings. The van der Waals surface area contributed by atoms with Crippen LogP contribution in [0.3, 0.4) is 0 Å². The van der Waals surface area contributed by atoms with Crippen molar-refractivity contribution in [3.8, 4) is 5.69 Å². The molecule has 0 unspecified atom stereocenters. The van der Waals surface area contributed by atoms with Gasteiger partial charge in [-0.15, -0.1) is 0 Å². The minimum absolute atomic E-state index is 0.266. The van der Waals surface area contributed by atoms with Crippen LogP contribution in [0.25, 0.3) is 16.7 Å². The number of fused-ring (bicyclic) bond motifs is 4. The molecule has 2 aromatic carbocycles. The number of rotatable bonds is 2. The van der Waals surface area contributed by atoms with Gasteiger partial charge in [0.1, 0.15) is 5.58 Å². The zero-order chi connectivity index (χ0) is 17.5. The molecule has 0 aliphatic carbocycles. The van der Waals surface area contributed by atoms with Crippen molar-refractivity contribution in [1.29, 1.82) is 0 Å². The smallest absolute Gasteiger partial charge is 0.291 e. The summed E-state index contributed by atoms with van der Waals surface area (Å²) in [4.78, 5) is 12.5. The molecule has 0 saturated carbocycles. The van der Waals surface area contributed by atoms with Gasteiger partial charge in [0.05, 0.1) is 18.9 Å². The van der Waals surface area contributed by atoms with E-state index in [1.165, 1.54) is 0 Å². The lowest BCUT2D eigenvalue weighted by Crippen LogP contribution is -2.11. The van der Waals surface area contributed by atoms with E-state index in [9.17, 15) is 4.79 Å². The number of carbonyl (C=O) groups excluding carboxylic acids is 1. The minimum Gasteiger partial charge on any atom is -0.451 e. The highest BCUT2D eigenvalue weighted by molar-refractivity contribution is 6.04. The first-order valence-corrected chi connectivity index (χ1v) is 8.45. The second-order valence-corrected chi connectivity index (χ2v) is 6.31. The summed E-state index contributed by atoms with van der Waals surface area (Å²) in [6.45, 7) is 1.08. The Kier molecular flexibility index (Phi) is 3.40. The average molecular weight is 344 g/mol. The Bertz CT molecular complexity index is 1090. The van der Waals surface area contributed by atoms with E-state index < -0.39 is 0 Å². The van der Waals surface area contributed by atoms with Crippen LogP contribution in [0.1, 0.15) is 21.8 Å². The largest absolute Gasteiger partial charge is 0.451 e. The Balaban J connectivity index is 1.44. The number of nitrogens with one attached hydrogen (secondary N) is 1. The van der Waals surface area contributed by atoms with Crippen molar-refractivity contribution in [3.05, 3.63) is 83.9 Å². The van der Waals surface area contributed by atoms with Crippen LogP contribution in [-0.2, 0) is 18.0 Å². The summed E-state index contributed by atoms with van der Waals surface area (Å²) in [6, 6.07) is 19.2. The van der Waals surface area contributed by atoms with Crippen molar-refractivity contribution in [2.24, 2.45) is 0 Å². The number of benzene rings is 2. The van der Waals surface area contributed by atoms with Gasteiger partial charge in [0.15, 0.2) is 5.76 Å². The first-order valence-electron chi connectivity index (χ1n) is 8.45. The maximum atomic E-state index is 12.5. The predicted octanol–water partition coefficient (Wildman–Crippen LogP) is 4.51. The van der Waals surface area contributed by atoms with E-state index in [1.807, 2.05) is 60.8 Å². The molecule has 5 heteroatoms. The molecule has 5 nitrogen and oxygen atoms in total. The molecule has 0 bridgehead atoms. The number of para-hydroxylation sites is 1. The number of hydrogen-bond donors (Lipinski definition) is 1.